The molecule has 2 unspecified atom stereocenters. The molecule has 1 aromatic heterocycles. The quantitative estimate of drug-likeness (QED) is 0.922. The number of piperidine rings is 1. The maximum atomic E-state index is 4.88. The summed E-state index contributed by atoms with van der Waals surface area (Å²) in [5.74, 6) is 0. The molecule has 2 aliphatic rings. The minimum absolute atomic E-state index is 0.136. The van der Waals surface area contributed by atoms with Gasteiger partial charge in [-0.25, -0.2) is 4.98 Å². The Balaban J connectivity index is 1.91. The number of hydrogen-bond acceptors (Lipinski definition) is 4. The van der Waals surface area contributed by atoms with Gasteiger partial charge in [0.1, 0.15) is 5.01 Å². The fourth-order valence-electron chi connectivity index (χ4n) is 3.03. The van der Waals surface area contributed by atoms with Crippen molar-refractivity contribution < 1.29 is 0 Å². The van der Waals surface area contributed by atoms with E-state index >= 15 is 0 Å². The van der Waals surface area contributed by atoms with Gasteiger partial charge in [0.2, 0.25) is 0 Å². The predicted molar refractivity (Wildman–Crippen MR) is 80.7 cm³/mol. The Morgan fingerprint density at radius 2 is 2.11 bits per heavy atom. The van der Waals surface area contributed by atoms with Crippen LogP contribution >= 0.6 is 11.3 Å². The van der Waals surface area contributed by atoms with Crippen molar-refractivity contribution in [1.29, 1.82) is 0 Å². The van der Waals surface area contributed by atoms with E-state index in [2.05, 4.69) is 38.0 Å². The summed E-state index contributed by atoms with van der Waals surface area (Å²) in [6, 6.07) is 1.37. The molecule has 1 saturated carbocycles. The molecule has 1 aliphatic heterocycles. The molecule has 0 radical (unpaired) electrons. The number of likely N-dealkylation sites (tertiary alicyclic amines) is 1. The van der Waals surface area contributed by atoms with E-state index in [1.54, 1.807) is 0 Å². The van der Waals surface area contributed by atoms with E-state index in [9.17, 15) is 0 Å². The van der Waals surface area contributed by atoms with Crippen LogP contribution in [-0.4, -0.2) is 35.6 Å². The minimum Gasteiger partial charge on any atom is -0.304 e. The molecule has 2 atom stereocenters. The summed E-state index contributed by atoms with van der Waals surface area (Å²) in [5.41, 5.74) is 1.35. The zero-order valence-corrected chi connectivity index (χ0v) is 13.3. The molecule has 0 spiro atoms. The highest BCUT2D eigenvalue weighted by molar-refractivity contribution is 7.11. The van der Waals surface area contributed by atoms with Crippen molar-refractivity contribution in [2.24, 2.45) is 0 Å². The summed E-state index contributed by atoms with van der Waals surface area (Å²) in [5, 5.41) is 5.26. The zero-order valence-electron chi connectivity index (χ0n) is 12.5. The monoisotopic (exact) mass is 279 g/mol. The van der Waals surface area contributed by atoms with Gasteiger partial charge in [0.25, 0.3) is 0 Å². The first-order chi connectivity index (χ1) is 9.00. The molecule has 1 aliphatic carbocycles. The van der Waals surface area contributed by atoms with Crippen LogP contribution in [0.15, 0.2) is 0 Å². The number of aryl methyl sites for hydroxylation is 2. The van der Waals surface area contributed by atoms with Crippen LogP contribution in [0.5, 0.6) is 0 Å². The van der Waals surface area contributed by atoms with Gasteiger partial charge in [-0.3, -0.25) is 0 Å². The van der Waals surface area contributed by atoms with E-state index in [1.807, 2.05) is 11.3 Å². The third-order valence-corrected chi connectivity index (χ3v) is 6.06. The molecule has 1 saturated heterocycles. The zero-order chi connectivity index (χ0) is 13.6. The summed E-state index contributed by atoms with van der Waals surface area (Å²) in [4.78, 5) is 8.73. The SMILES string of the molecule is Cc1nc(C2(NC3CC3)CCN(C)C(C)C2)sc1C. The molecule has 3 rings (SSSR count). The maximum Gasteiger partial charge on any atom is 0.113 e. The molecule has 0 aromatic carbocycles. The van der Waals surface area contributed by atoms with Crippen molar-refractivity contribution in [1.82, 2.24) is 15.2 Å². The van der Waals surface area contributed by atoms with E-state index in [4.69, 9.17) is 4.98 Å². The van der Waals surface area contributed by atoms with Crippen LogP contribution in [0.1, 0.15) is 48.2 Å². The lowest BCUT2D eigenvalue weighted by atomic mass is 9.84. The maximum absolute atomic E-state index is 4.88. The van der Waals surface area contributed by atoms with Crippen LogP contribution in [0.4, 0.5) is 0 Å². The van der Waals surface area contributed by atoms with E-state index < -0.39 is 0 Å². The second-order valence-electron chi connectivity index (χ2n) is 6.45. The first kappa shape index (κ1) is 13.5. The van der Waals surface area contributed by atoms with Crippen LogP contribution in [0.2, 0.25) is 0 Å². The highest BCUT2D eigenvalue weighted by Gasteiger charge is 2.44. The Bertz CT molecular complexity index is 446. The molecule has 1 aromatic rings. The molecule has 0 amide bonds. The van der Waals surface area contributed by atoms with E-state index in [0.29, 0.717) is 6.04 Å². The van der Waals surface area contributed by atoms with Gasteiger partial charge in [0, 0.05) is 23.5 Å². The van der Waals surface area contributed by atoms with Crippen LogP contribution in [0.3, 0.4) is 0 Å². The smallest absolute Gasteiger partial charge is 0.113 e. The molecule has 106 valence electrons. The summed E-state index contributed by atoms with van der Waals surface area (Å²) >= 11 is 1.90. The standard InChI is InChI=1S/C15H25N3S/c1-10-9-15(7-8-18(10)4,17-13-5-6-13)14-16-11(2)12(3)19-14/h10,13,17H,5-9H2,1-4H3. The van der Waals surface area contributed by atoms with Gasteiger partial charge in [-0.05, 0) is 53.5 Å². The highest BCUT2D eigenvalue weighted by atomic mass is 32.1. The highest BCUT2D eigenvalue weighted by Crippen LogP contribution is 2.40. The summed E-state index contributed by atoms with van der Waals surface area (Å²) < 4.78 is 0. The van der Waals surface area contributed by atoms with Gasteiger partial charge < -0.3 is 10.2 Å². The second kappa shape index (κ2) is 4.83. The Morgan fingerprint density at radius 1 is 1.37 bits per heavy atom. The first-order valence-corrected chi connectivity index (χ1v) is 8.24. The normalized spacial score (nSPS) is 32.7. The van der Waals surface area contributed by atoms with Crippen LogP contribution < -0.4 is 5.32 Å². The number of hydrogen-bond donors (Lipinski definition) is 1. The summed E-state index contributed by atoms with van der Waals surface area (Å²) in [7, 11) is 2.24. The Labute approximate surface area is 120 Å². The third-order valence-electron chi connectivity index (χ3n) is 4.78. The number of nitrogens with one attached hydrogen (secondary N) is 1. The fraction of sp³-hybridized carbons (Fsp3) is 0.800. The average Bonchev–Trinajstić information content (AvgIpc) is 3.10. The van der Waals surface area contributed by atoms with Crippen molar-refractivity contribution in [3.8, 4) is 0 Å². The average molecular weight is 279 g/mol. The molecular formula is C15H25N3S. The van der Waals surface area contributed by atoms with Crippen molar-refractivity contribution in [3.63, 3.8) is 0 Å². The largest absolute Gasteiger partial charge is 0.304 e. The molecule has 1 N–H and O–H groups in total. The van der Waals surface area contributed by atoms with Crippen LogP contribution in [0.25, 0.3) is 0 Å². The van der Waals surface area contributed by atoms with E-state index in [1.165, 1.54) is 47.8 Å². The lowest BCUT2D eigenvalue weighted by molar-refractivity contribution is 0.104. The molecule has 19 heavy (non-hydrogen) atoms. The molecule has 0 bridgehead atoms. The van der Waals surface area contributed by atoms with Crippen molar-refractivity contribution >= 4 is 11.3 Å². The lowest BCUT2D eigenvalue weighted by Gasteiger charge is -2.44. The van der Waals surface area contributed by atoms with Gasteiger partial charge in [0.15, 0.2) is 0 Å². The molecule has 3 nitrogen and oxygen atoms in total. The number of nitrogens with zero attached hydrogens (tertiary/aromatic N) is 2. The van der Waals surface area contributed by atoms with Gasteiger partial charge in [0.05, 0.1) is 11.2 Å². The van der Waals surface area contributed by atoms with Crippen molar-refractivity contribution in [2.75, 3.05) is 13.6 Å². The Kier molecular flexibility index (Phi) is 3.44. The first-order valence-electron chi connectivity index (χ1n) is 7.42. The number of aromatic nitrogens is 1. The molecule has 2 fully saturated rings. The van der Waals surface area contributed by atoms with Crippen LogP contribution in [0, 0.1) is 13.8 Å². The Hall–Kier alpha value is -0.450. The van der Waals surface area contributed by atoms with Crippen molar-refractivity contribution in [3.05, 3.63) is 15.6 Å². The second-order valence-corrected chi connectivity index (χ2v) is 7.65. The minimum atomic E-state index is 0.136. The molecule has 2 heterocycles. The van der Waals surface area contributed by atoms with Crippen LogP contribution in [-0.2, 0) is 5.54 Å². The molecular weight excluding hydrogens is 254 g/mol. The topological polar surface area (TPSA) is 28.2 Å². The number of rotatable bonds is 3. The van der Waals surface area contributed by atoms with E-state index in [0.717, 1.165) is 6.04 Å². The third kappa shape index (κ3) is 2.58. The van der Waals surface area contributed by atoms with Gasteiger partial charge >= 0.3 is 0 Å². The lowest BCUT2D eigenvalue weighted by Crippen LogP contribution is -2.54. The summed E-state index contributed by atoms with van der Waals surface area (Å²) in [6.45, 7) is 7.84. The Morgan fingerprint density at radius 3 is 2.63 bits per heavy atom. The van der Waals surface area contributed by atoms with E-state index in [-0.39, 0.29) is 5.54 Å². The van der Waals surface area contributed by atoms with Gasteiger partial charge in [-0.15, -0.1) is 11.3 Å². The molecule has 4 heteroatoms. The van der Waals surface area contributed by atoms with Gasteiger partial charge in [-0.1, -0.05) is 0 Å². The van der Waals surface area contributed by atoms with Gasteiger partial charge in [-0.2, -0.15) is 0 Å². The predicted octanol–water partition coefficient (Wildman–Crippen LogP) is 2.82. The summed E-state index contributed by atoms with van der Waals surface area (Å²) in [6.07, 6.45) is 5.06. The fourth-order valence-corrected chi connectivity index (χ4v) is 4.14. The van der Waals surface area contributed by atoms with Crippen molar-refractivity contribution in [2.45, 2.75) is 64.1 Å². The number of thiazole rings is 1.